The van der Waals surface area contributed by atoms with Gasteiger partial charge in [-0.3, -0.25) is 0 Å². The first-order valence-corrected chi connectivity index (χ1v) is 7.60. The maximum atomic E-state index is 4.39. The zero-order chi connectivity index (χ0) is 12.4. The van der Waals surface area contributed by atoms with Crippen LogP contribution in [0.4, 0.5) is 0 Å². The van der Waals surface area contributed by atoms with Crippen molar-refractivity contribution in [1.29, 1.82) is 0 Å². The third kappa shape index (κ3) is 2.42. The van der Waals surface area contributed by atoms with Gasteiger partial charge in [0, 0.05) is 4.90 Å². The second-order valence-electron chi connectivity index (χ2n) is 4.04. The fourth-order valence-corrected chi connectivity index (χ4v) is 3.84. The van der Waals surface area contributed by atoms with E-state index in [9.17, 15) is 0 Å². The quantitative estimate of drug-likeness (QED) is 0.664. The summed E-state index contributed by atoms with van der Waals surface area (Å²) in [6, 6.07) is 15.1. The molecule has 1 nitrogen and oxygen atoms in total. The molecule has 0 aliphatic heterocycles. The molecule has 0 aliphatic carbocycles. The monoisotopic (exact) mass is 271 g/mol. The lowest BCUT2D eigenvalue weighted by Gasteiger charge is -2.01. The summed E-state index contributed by atoms with van der Waals surface area (Å²) in [7, 11) is 0. The van der Waals surface area contributed by atoms with Crippen molar-refractivity contribution < 1.29 is 0 Å². The highest BCUT2D eigenvalue weighted by Crippen LogP contribution is 2.33. The summed E-state index contributed by atoms with van der Waals surface area (Å²) in [6.07, 6.45) is 2.99. The van der Waals surface area contributed by atoms with Crippen LogP contribution < -0.4 is 0 Å². The Morgan fingerprint density at radius 3 is 2.72 bits per heavy atom. The lowest BCUT2D eigenvalue weighted by atomic mass is 10.1. The molecule has 0 amide bonds. The molecule has 0 bridgehead atoms. The van der Waals surface area contributed by atoms with Crippen LogP contribution in [0.3, 0.4) is 0 Å². The number of rotatable bonds is 3. The lowest BCUT2D eigenvalue weighted by Crippen LogP contribution is -1.73. The zero-order valence-electron chi connectivity index (χ0n) is 10.1. The highest BCUT2D eigenvalue weighted by molar-refractivity contribution is 8.01. The van der Waals surface area contributed by atoms with E-state index in [1.165, 1.54) is 24.9 Å². The molecule has 0 aliphatic rings. The molecule has 90 valence electrons. The fraction of sp³-hybridized carbons (Fsp3) is 0.133. The molecule has 0 unspecified atom stereocenters. The van der Waals surface area contributed by atoms with Crippen LogP contribution in [0.1, 0.15) is 11.9 Å². The van der Waals surface area contributed by atoms with Crippen LogP contribution in [0.25, 0.3) is 10.8 Å². The van der Waals surface area contributed by atoms with Gasteiger partial charge in [0.05, 0.1) is 15.4 Å². The van der Waals surface area contributed by atoms with Crippen LogP contribution >= 0.6 is 23.1 Å². The van der Waals surface area contributed by atoms with Crippen LogP contribution in [0.2, 0.25) is 0 Å². The lowest BCUT2D eigenvalue weighted by molar-refractivity contribution is 1.09. The zero-order valence-corrected chi connectivity index (χ0v) is 11.7. The molecule has 3 aromatic rings. The van der Waals surface area contributed by atoms with E-state index in [1.807, 2.05) is 6.20 Å². The van der Waals surface area contributed by atoms with E-state index in [-0.39, 0.29) is 0 Å². The van der Waals surface area contributed by atoms with Crippen molar-refractivity contribution >= 4 is 33.9 Å². The van der Waals surface area contributed by atoms with Gasteiger partial charge in [-0.15, -0.1) is 11.3 Å². The number of aromatic nitrogens is 1. The molecule has 0 saturated carbocycles. The van der Waals surface area contributed by atoms with Gasteiger partial charge in [0.15, 0.2) is 0 Å². The van der Waals surface area contributed by atoms with Gasteiger partial charge in [-0.05, 0) is 29.3 Å². The van der Waals surface area contributed by atoms with Crippen molar-refractivity contribution in [3.63, 3.8) is 0 Å². The Labute approximate surface area is 115 Å². The number of hydrogen-bond donors (Lipinski definition) is 0. The smallest absolute Gasteiger partial charge is 0.0934 e. The Morgan fingerprint density at radius 1 is 1.11 bits per heavy atom. The molecule has 1 heterocycles. The van der Waals surface area contributed by atoms with Gasteiger partial charge in [-0.25, -0.2) is 4.98 Å². The molecule has 18 heavy (non-hydrogen) atoms. The SMILES string of the molecule is CCc1ncc(Sc2ccc3ccccc3c2)s1. The van der Waals surface area contributed by atoms with Crippen molar-refractivity contribution in [2.24, 2.45) is 0 Å². The van der Waals surface area contributed by atoms with Gasteiger partial charge in [0.1, 0.15) is 0 Å². The standard InChI is InChI=1S/C15H13NS2/c1-2-14-16-10-15(18-14)17-13-8-7-11-5-3-4-6-12(11)9-13/h3-10H,2H2,1H3. The maximum Gasteiger partial charge on any atom is 0.0934 e. The first-order valence-electron chi connectivity index (χ1n) is 5.96. The van der Waals surface area contributed by atoms with Crippen LogP contribution in [0, 0.1) is 0 Å². The largest absolute Gasteiger partial charge is 0.248 e. The summed E-state index contributed by atoms with van der Waals surface area (Å²) in [5, 5.41) is 3.79. The summed E-state index contributed by atoms with van der Waals surface area (Å²) in [4.78, 5) is 5.67. The normalized spacial score (nSPS) is 10.9. The number of hydrogen-bond acceptors (Lipinski definition) is 3. The Balaban J connectivity index is 1.90. The number of nitrogens with zero attached hydrogens (tertiary/aromatic N) is 1. The van der Waals surface area contributed by atoms with Crippen molar-refractivity contribution in [2.75, 3.05) is 0 Å². The van der Waals surface area contributed by atoms with Crippen molar-refractivity contribution in [1.82, 2.24) is 4.98 Å². The molecule has 2 aromatic carbocycles. The molecule has 3 heteroatoms. The van der Waals surface area contributed by atoms with Crippen molar-refractivity contribution in [3.05, 3.63) is 53.7 Å². The molecule has 0 saturated heterocycles. The van der Waals surface area contributed by atoms with Gasteiger partial charge in [0.2, 0.25) is 0 Å². The van der Waals surface area contributed by atoms with Gasteiger partial charge in [-0.1, -0.05) is 49.0 Å². The molecule has 0 atom stereocenters. The average molecular weight is 271 g/mol. The topological polar surface area (TPSA) is 12.9 Å². The minimum Gasteiger partial charge on any atom is -0.248 e. The highest BCUT2D eigenvalue weighted by atomic mass is 32.2. The van der Waals surface area contributed by atoms with Crippen LogP contribution in [0.15, 0.2) is 57.8 Å². The fourth-order valence-electron chi connectivity index (χ4n) is 1.85. The van der Waals surface area contributed by atoms with E-state index >= 15 is 0 Å². The van der Waals surface area contributed by atoms with E-state index in [0.717, 1.165) is 6.42 Å². The van der Waals surface area contributed by atoms with E-state index in [0.29, 0.717) is 0 Å². The first-order chi connectivity index (χ1) is 8.85. The third-order valence-electron chi connectivity index (χ3n) is 2.77. The van der Waals surface area contributed by atoms with Crippen LogP contribution in [-0.4, -0.2) is 4.98 Å². The summed E-state index contributed by atoms with van der Waals surface area (Å²) in [5.41, 5.74) is 0. The number of aryl methyl sites for hydroxylation is 1. The van der Waals surface area contributed by atoms with E-state index in [4.69, 9.17) is 0 Å². The Hall–Kier alpha value is -1.32. The molecule has 0 N–H and O–H groups in total. The molecule has 0 spiro atoms. The predicted molar refractivity (Wildman–Crippen MR) is 79.6 cm³/mol. The number of fused-ring (bicyclic) bond motifs is 1. The predicted octanol–water partition coefficient (Wildman–Crippen LogP) is 5.01. The number of thiazole rings is 1. The van der Waals surface area contributed by atoms with Crippen LogP contribution in [0.5, 0.6) is 0 Å². The van der Waals surface area contributed by atoms with Gasteiger partial charge >= 0.3 is 0 Å². The highest BCUT2D eigenvalue weighted by Gasteiger charge is 2.03. The average Bonchev–Trinajstić information content (AvgIpc) is 2.86. The summed E-state index contributed by atoms with van der Waals surface area (Å²) < 4.78 is 1.27. The van der Waals surface area contributed by atoms with Gasteiger partial charge < -0.3 is 0 Å². The number of benzene rings is 2. The van der Waals surface area contributed by atoms with Gasteiger partial charge in [0.25, 0.3) is 0 Å². The Morgan fingerprint density at radius 2 is 1.94 bits per heavy atom. The Bertz CT molecular complexity index is 673. The Kier molecular flexibility index (Phi) is 3.35. The molecule has 0 radical (unpaired) electrons. The van der Waals surface area contributed by atoms with Crippen LogP contribution in [-0.2, 0) is 6.42 Å². The third-order valence-corrected chi connectivity index (χ3v) is 5.01. The first kappa shape index (κ1) is 11.8. The van der Waals surface area contributed by atoms with E-state index < -0.39 is 0 Å². The molecular formula is C15H13NS2. The minimum absolute atomic E-state index is 1.02. The van der Waals surface area contributed by atoms with E-state index in [1.54, 1.807) is 23.1 Å². The maximum absolute atomic E-state index is 4.39. The summed E-state index contributed by atoms with van der Waals surface area (Å²) in [6.45, 7) is 2.14. The molecular weight excluding hydrogens is 258 g/mol. The summed E-state index contributed by atoms with van der Waals surface area (Å²) in [5.74, 6) is 0. The second kappa shape index (κ2) is 5.12. The summed E-state index contributed by atoms with van der Waals surface area (Å²) >= 11 is 3.58. The molecule has 0 fully saturated rings. The second-order valence-corrected chi connectivity index (χ2v) is 6.53. The van der Waals surface area contributed by atoms with Crippen molar-refractivity contribution in [3.8, 4) is 0 Å². The van der Waals surface area contributed by atoms with Crippen molar-refractivity contribution in [2.45, 2.75) is 22.4 Å². The molecule has 3 rings (SSSR count). The van der Waals surface area contributed by atoms with E-state index in [2.05, 4.69) is 54.4 Å². The minimum atomic E-state index is 1.02. The molecule has 1 aromatic heterocycles. The van der Waals surface area contributed by atoms with Gasteiger partial charge in [-0.2, -0.15) is 0 Å².